The Labute approximate surface area is 60.4 Å². The molecule has 0 radical (unpaired) electrons. The van der Waals surface area contributed by atoms with Gasteiger partial charge in [0, 0.05) is 0 Å². The van der Waals surface area contributed by atoms with Gasteiger partial charge in [-0.25, -0.2) is 0 Å². The molecule has 0 fully saturated rings. The van der Waals surface area contributed by atoms with Crippen LogP contribution in [0.2, 0.25) is 0 Å². The van der Waals surface area contributed by atoms with Crippen molar-refractivity contribution in [1.82, 2.24) is 0 Å². The fourth-order valence-electron chi connectivity index (χ4n) is 0. The third-order valence-electron chi connectivity index (χ3n) is 0.190. The molecule has 0 nitrogen and oxygen atoms in total. The average molecular weight is 289 g/mol. The standard InChI is InChI=1S/Cl4Ge2H2/c1-5(2)6(3)4/h5-6H. The van der Waals surface area contributed by atoms with Crippen molar-refractivity contribution in [2.24, 2.45) is 0 Å². The molecule has 0 rings (SSSR count). The van der Waals surface area contributed by atoms with E-state index in [0.29, 0.717) is 0 Å². The van der Waals surface area contributed by atoms with Gasteiger partial charge in [0.1, 0.15) is 0 Å². The second kappa shape index (κ2) is 4.16. The molecule has 0 unspecified atom stereocenters. The van der Waals surface area contributed by atoms with Gasteiger partial charge in [-0.05, 0) is 0 Å². The van der Waals surface area contributed by atoms with E-state index in [9.17, 15) is 0 Å². The van der Waals surface area contributed by atoms with Crippen LogP contribution in [0.5, 0.6) is 0 Å². The van der Waals surface area contributed by atoms with Crippen LogP contribution in [0, 0.1) is 0 Å². The molecule has 0 N–H and O–H groups in total. The summed E-state index contributed by atoms with van der Waals surface area (Å²) < 4.78 is 0. The van der Waals surface area contributed by atoms with Gasteiger partial charge in [0.15, 0.2) is 0 Å². The molecule has 0 aliphatic heterocycles. The Morgan fingerprint density at radius 3 is 0.833 bits per heavy atom. The zero-order valence-corrected chi connectivity index (χ0v) is 10.5. The van der Waals surface area contributed by atoms with Gasteiger partial charge in [-0.2, -0.15) is 0 Å². The zero-order valence-electron chi connectivity index (χ0n) is 2.67. The first-order chi connectivity index (χ1) is 2.64. The van der Waals surface area contributed by atoms with Crippen molar-refractivity contribution in [3.05, 3.63) is 0 Å². The molecule has 0 aliphatic carbocycles. The van der Waals surface area contributed by atoms with E-state index in [0.717, 1.165) is 0 Å². The van der Waals surface area contributed by atoms with E-state index in [1.54, 1.807) is 0 Å². The maximum absolute atomic E-state index is 5.39. The monoisotopic (exact) mass is 290 g/mol. The van der Waals surface area contributed by atoms with Gasteiger partial charge in [0.05, 0.1) is 0 Å². The summed E-state index contributed by atoms with van der Waals surface area (Å²) in [6.45, 7) is 0. The van der Waals surface area contributed by atoms with Gasteiger partial charge < -0.3 is 0 Å². The predicted octanol–water partition coefficient (Wildman–Crippen LogP) is 1.46. The van der Waals surface area contributed by atoms with Crippen LogP contribution in [0.1, 0.15) is 0 Å². The van der Waals surface area contributed by atoms with Crippen LogP contribution < -0.4 is 0 Å². The Hall–Kier alpha value is 2.25. The summed E-state index contributed by atoms with van der Waals surface area (Å²) in [5, 5.41) is 0. The van der Waals surface area contributed by atoms with Crippen molar-refractivity contribution < 1.29 is 0 Å². The first-order valence-electron chi connectivity index (χ1n) is 1.21. The average Bonchev–Trinajstić information content (AvgIpc) is 1.36. The summed E-state index contributed by atoms with van der Waals surface area (Å²) in [4.78, 5) is 0. The maximum atomic E-state index is 5.39. The Morgan fingerprint density at radius 1 is 0.667 bits per heavy atom. The van der Waals surface area contributed by atoms with Crippen LogP contribution in [0.4, 0.5) is 0 Å². The van der Waals surface area contributed by atoms with Crippen molar-refractivity contribution in [2.45, 2.75) is 0 Å². The molecule has 0 aliphatic rings. The molecular weight excluding hydrogens is 287 g/mol. The minimum absolute atomic E-state index is 1.96. The van der Waals surface area contributed by atoms with E-state index in [1.807, 2.05) is 0 Å². The number of rotatable bonds is 1. The van der Waals surface area contributed by atoms with E-state index >= 15 is 0 Å². The van der Waals surface area contributed by atoms with Gasteiger partial charge >= 0.3 is 61.1 Å². The summed E-state index contributed by atoms with van der Waals surface area (Å²) >= 11 is 0. The molecule has 0 saturated heterocycles. The fourth-order valence-corrected chi connectivity index (χ4v) is 0. The van der Waals surface area contributed by atoms with Crippen LogP contribution in [-0.2, 0) is 0 Å². The molecule has 0 aromatic carbocycles. The normalized spacial score (nSPS) is 11.0. The van der Waals surface area contributed by atoms with Gasteiger partial charge in [-0.1, -0.05) is 0 Å². The van der Waals surface area contributed by atoms with Crippen LogP contribution in [0.3, 0.4) is 0 Å². The van der Waals surface area contributed by atoms with E-state index < -0.39 is 21.0 Å². The molecule has 0 aromatic rings. The van der Waals surface area contributed by atoms with Crippen LogP contribution in [0.25, 0.3) is 0 Å². The van der Waals surface area contributed by atoms with Crippen molar-refractivity contribution in [3.63, 3.8) is 0 Å². The summed E-state index contributed by atoms with van der Waals surface area (Å²) in [5.74, 6) is 0. The molecule has 6 heteroatoms. The fraction of sp³-hybridized carbons (Fsp3) is 0. The molecule has 0 atom stereocenters. The second-order valence-electron chi connectivity index (χ2n) is 0.669. The van der Waals surface area contributed by atoms with E-state index in [1.165, 1.54) is 0 Å². The molecule has 6 heavy (non-hydrogen) atoms. The van der Waals surface area contributed by atoms with Crippen molar-refractivity contribution in [2.75, 3.05) is 0 Å². The molecule has 0 saturated carbocycles. The van der Waals surface area contributed by atoms with E-state index in [2.05, 4.69) is 0 Å². The quantitative estimate of drug-likeness (QED) is 0.641. The molecule has 0 amide bonds. The molecule has 0 spiro atoms. The Bertz CT molecular complexity index is 26.5. The van der Waals surface area contributed by atoms with Crippen molar-refractivity contribution >= 4 is 61.1 Å². The summed E-state index contributed by atoms with van der Waals surface area (Å²) in [5.41, 5.74) is 0. The SMILES string of the molecule is [Cl][GeH]([Cl])[GeH]([Cl])[Cl]. The van der Waals surface area contributed by atoms with E-state index in [-0.39, 0.29) is 0 Å². The number of hydrogen-bond acceptors (Lipinski definition) is 0. The van der Waals surface area contributed by atoms with Crippen LogP contribution >= 0.6 is 40.0 Å². The minimum atomic E-state index is -1.96. The third-order valence-corrected chi connectivity index (χ3v) is 46.3. The Morgan fingerprint density at radius 2 is 0.833 bits per heavy atom. The second-order valence-corrected chi connectivity index (χ2v) is 48.5. The molecule has 0 heterocycles. The molecule has 0 bridgehead atoms. The van der Waals surface area contributed by atoms with Gasteiger partial charge in [0.2, 0.25) is 0 Å². The Balaban J connectivity index is 2.99. The number of halogens is 4. The van der Waals surface area contributed by atoms with Gasteiger partial charge in [-0.3, -0.25) is 0 Å². The van der Waals surface area contributed by atoms with Gasteiger partial charge in [-0.15, -0.1) is 0 Å². The third kappa shape index (κ3) is 4.41. The van der Waals surface area contributed by atoms with Gasteiger partial charge in [0.25, 0.3) is 0 Å². The van der Waals surface area contributed by atoms with Crippen molar-refractivity contribution in [3.8, 4) is 0 Å². The predicted molar refractivity (Wildman–Crippen MR) is 37.7 cm³/mol. The Kier molecular flexibility index (Phi) is 5.71. The van der Waals surface area contributed by atoms with E-state index in [4.69, 9.17) is 40.0 Å². The zero-order chi connectivity index (χ0) is 5.15. The summed E-state index contributed by atoms with van der Waals surface area (Å²) in [6, 6.07) is 0. The van der Waals surface area contributed by atoms with Crippen LogP contribution in [0.15, 0.2) is 0 Å². The number of hydrogen-bond donors (Lipinski definition) is 0. The first kappa shape index (κ1) is 8.25. The van der Waals surface area contributed by atoms with Crippen LogP contribution in [-0.4, -0.2) is 21.0 Å². The summed E-state index contributed by atoms with van der Waals surface area (Å²) in [7, 11) is 17.6. The topological polar surface area (TPSA) is 0 Å². The first-order valence-corrected chi connectivity index (χ1v) is 22.6. The molecule has 0 aromatic heterocycles. The summed E-state index contributed by atoms with van der Waals surface area (Å²) in [6.07, 6.45) is 0. The van der Waals surface area contributed by atoms with Crippen molar-refractivity contribution in [1.29, 1.82) is 0 Å². The molecular formula is H2Cl4Ge2. The molecule has 38 valence electrons.